The van der Waals surface area contributed by atoms with Crippen LogP contribution in [-0.4, -0.2) is 36.6 Å². The van der Waals surface area contributed by atoms with Crippen LogP contribution in [-0.2, 0) is 16.1 Å². The van der Waals surface area contributed by atoms with Crippen LogP contribution in [0.2, 0.25) is 10.0 Å². The van der Waals surface area contributed by atoms with E-state index in [9.17, 15) is 4.79 Å². The number of rotatable bonds is 6. The number of nitrogens with two attached hydrogens (primary N) is 1. The molecule has 1 fully saturated rings. The first-order chi connectivity index (χ1) is 9.56. The Labute approximate surface area is 140 Å². The molecule has 0 aliphatic heterocycles. The summed E-state index contributed by atoms with van der Waals surface area (Å²) in [6.45, 7) is 0.681. The summed E-state index contributed by atoms with van der Waals surface area (Å²) < 4.78 is 5.14. The van der Waals surface area contributed by atoms with Crippen molar-refractivity contribution in [1.29, 1.82) is 0 Å². The predicted octanol–water partition coefficient (Wildman–Crippen LogP) is 2.88. The summed E-state index contributed by atoms with van der Waals surface area (Å²) in [5.41, 5.74) is 6.52. The highest BCUT2D eigenvalue weighted by molar-refractivity contribution is 6.42. The van der Waals surface area contributed by atoms with E-state index in [1.807, 2.05) is 11.0 Å². The number of methoxy groups -OCH3 is 1. The maximum absolute atomic E-state index is 12.4. The molecule has 1 aliphatic carbocycles. The number of hydrogen-bond acceptors (Lipinski definition) is 3. The van der Waals surface area contributed by atoms with Crippen LogP contribution in [0.15, 0.2) is 18.2 Å². The summed E-state index contributed by atoms with van der Waals surface area (Å²) in [5.74, 6) is -0.0661. The molecule has 7 heteroatoms. The molecule has 1 aromatic rings. The lowest BCUT2D eigenvalue weighted by molar-refractivity contribution is -0.142. The van der Waals surface area contributed by atoms with E-state index in [-0.39, 0.29) is 30.9 Å². The van der Waals surface area contributed by atoms with Crippen molar-refractivity contribution in [2.75, 3.05) is 13.7 Å². The molecule has 0 radical (unpaired) electrons. The van der Waals surface area contributed by atoms with Gasteiger partial charge in [0.15, 0.2) is 0 Å². The van der Waals surface area contributed by atoms with Gasteiger partial charge in [0.1, 0.15) is 6.10 Å². The van der Waals surface area contributed by atoms with Crippen LogP contribution in [0.1, 0.15) is 18.4 Å². The van der Waals surface area contributed by atoms with Crippen molar-refractivity contribution >= 4 is 41.5 Å². The number of nitrogens with zero attached hydrogens (tertiary/aromatic N) is 1. The largest absolute Gasteiger partial charge is 0.370 e. The van der Waals surface area contributed by atoms with Gasteiger partial charge in [0.05, 0.1) is 10.0 Å². The SMILES string of the molecule is COC(CN)C(=O)N(Cc1ccc(Cl)c(Cl)c1)C1CC1.Cl. The van der Waals surface area contributed by atoms with E-state index in [4.69, 9.17) is 33.7 Å². The lowest BCUT2D eigenvalue weighted by Gasteiger charge is -2.26. The second-order valence-electron chi connectivity index (χ2n) is 4.91. The molecule has 2 rings (SSSR count). The number of carbonyl (C=O) groups is 1. The highest BCUT2D eigenvalue weighted by Gasteiger charge is 2.35. The lowest BCUT2D eigenvalue weighted by Crippen LogP contribution is -2.44. The topological polar surface area (TPSA) is 55.6 Å². The van der Waals surface area contributed by atoms with Crippen molar-refractivity contribution in [1.82, 2.24) is 4.90 Å². The molecular formula is C14H19Cl3N2O2. The molecule has 1 aromatic carbocycles. The van der Waals surface area contributed by atoms with E-state index in [1.165, 1.54) is 7.11 Å². The predicted molar refractivity (Wildman–Crippen MR) is 87.1 cm³/mol. The molecule has 118 valence electrons. The van der Waals surface area contributed by atoms with Crippen LogP contribution in [0, 0.1) is 0 Å². The van der Waals surface area contributed by atoms with Gasteiger partial charge < -0.3 is 15.4 Å². The van der Waals surface area contributed by atoms with Gasteiger partial charge in [-0.1, -0.05) is 29.3 Å². The fourth-order valence-electron chi connectivity index (χ4n) is 2.09. The average Bonchev–Trinajstić information content (AvgIpc) is 3.25. The fraction of sp³-hybridized carbons (Fsp3) is 0.500. The van der Waals surface area contributed by atoms with Crippen LogP contribution < -0.4 is 5.73 Å². The maximum atomic E-state index is 12.4. The van der Waals surface area contributed by atoms with Crippen LogP contribution in [0.5, 0.6) is 0 Å². The molecule has 0 heterocycles. The van der Waals surface area contributed by atoms with Crippen molar-refractivity contribution in [3.63, 3.8) is 0 Å². The number of amides is 1. The van der Waals surface area contributed by atoms with Gasteiger partial charge >= 0.3 is 0 Å². The number of halogens is 3. The number of benzene rings is 1. The monoisotopic (exact) mass is 352 g/mol. The molecule has 1 aliphatic rings. The Balaban J connectivity index is 0.00000220. The number of hydrogen-bond donors (Lipinski definition) is 1. The molecule has 0 saturated heterocycles. The van der Waals surface area contributed by atoms with Gasteiger partial charge in [-0.25, -0.2) is 0 Å². The fourth-order valence-corrected chi connectivity index (χ4v) is 2.41. The molecule has 0 bridgehead atoms. The van der Waals surface area contributed by atoms with Gasteiger partial charge in [-0.15, -0.1) is 12.4 Å². The zero-order chi connectivity index (χ0) is 14.7. The first-order valence-electron chi connectivity index (χ1n) is 6.54. The molecule has 1 unspecified atom stereocenters. The minimum atomic E-state index is -0.585. The second-order valence-corrected chi connectivity index (χ2v) is 5.72. The zero-order valence-corrected chi connectivity index (χ0v) is 14.0. The van der Waals surface area contributed by atoms with Crippen molar-refractivity contribution in [3.05, 3.63) is 33.8 Å². The molecule has 1 saturated carbocycles. The second kappa shape index (κ2) is 8.20. The van der Waals surface area contributed by atoms with Gasteiger partial charge in [0, 0.05) is 26.2 Å². The van der Waals surface area contributed by atoms with Gasteiger partial charge in [-0.3, -0.25) is 4.79 Å². The van der Waals surface area contributed by atoms with E-state index in [0.29, 0.717) is 16.6 Å². The summed E-state index contributed by atoms with van der Waals surface area (Å²) in [6, 6.07) is 5.69. The first kappa shape index (κ1) is 18.5. The van der Waals surface area contributed by atoms with E-state index < -0.39 is 6.10 Å². The quantitative estimate of drug-likeness (QED) is 0.855. The Hall–Kier alpha value is -0.520. The molecule has 2 N–H and O–H groups in total. The summed E-state index contributed by atoms with van der Waals surface area (Å²) in [7, 11) is 1.50. The Morgan fingerprint density at radius 1 is 1.43 bits per heavy atom. The maximum Gasteiger partial charge on any atom is 0.253 e. The van der Waals surface area contributed by atoms with E-state index in [0.717, 1.165) is 18.4 Å². The van der Waals surface area contributed by atoms with E-state index in [1.54, 1.807) is 12.1 Å². The van der Waals surface area contributed by atoms with Crippen molar-refractivity contribution in [2.45, 2.75) is 31.5 Å². The average molecular weight is 354 g/mol. The van der Waals surface area contributed by atoms with Gasteiger partial charge in [-0.05, 0) is 30.5 Å². The minimum Gasteiger partial charge on any atom is -0.370 e. The van der Waals surface area contributed by atoms with Crippen LogP contribution in [0.4, 0.5) is 0 Å². The third kappa shape index (κ3) is 4.73. The van der Waals surface area contributed by atoms with Crippen LogP contribution >= 0.6 is 35.6 Å². The van der Waals surface area contributed by atoms with Gasteiger partial charge in [0.25, 0.3) is 5.91 Å². The highest BCUT2D eigenvalue weighted by atomic mass is 35.5. The summed E-state index contributed by atoms with van der Waals surface area (Å²) in [5, 5.41) is 1.01. The van der Waals surface area contributed by atoms with E-state index >= 15 is 0 Å². The Morgan fingerprint density at radius 2 is 2.10 bits per heavy atom. The molecule has 4 nitrogen and oxygen atoms in total. The molecule has 0 spiro atoms. The van der Waals surface area contributed by atoms with E-state index in [2.05, 4.69) is 0 Å². The molecule has 0 aromatic heterocycles. The normalized spacial score (nSPS) is 15.2. The molecule has 1 amide bonds. The summed E-state index contributed by atoms with van der Waals surface area (Å²) >= 11 is 11.9. The zero-order valence-electron chi connectivity index (χ0n) is 11.7. The molecular weight excluding hydrogens is 335 g/mol. The molecule has 21 heavy (non-hydrogen) atoms. The van der Waals surface area contributed by atoms with Crippen molar-refractivity contribution < 1.29 is 9.53 Å². The van der Waals surface area contributed by atoms with Gasteiger partial charge in [0.2, 0.25) is 0 Å². The Bertz CT molecular complexity index is 491. The lowest BCUT2D eigenvalue weighted by atomic mass is 10.2. The number of ether oxygens (including phenoxy) is 1. The minimum absolute atomic E-state index is 0. The van der Waals surface area contributed by atoms with Crippen molar-refractivity contribution in [2.24, 2.45) is 5.73 Å². The summed E-state index contributed by atoms with van der Waals surface area (Å²) in [4.78, 5) is 14.2. The van der Waals surface area contributed by atoms with Gasteiger partial charge in [-0.2, -0.15) is 0 Å². The van der Waals surface area contributed by atoms with Crippen molar-refractivity contribution in [3.8, 4) is 0 Å². The first-order valence-corrected chi connectivity index (χ1v) is 7.29. The Morgan fingerprint density at radius 3 is 2.57 bits per heavy atom. The summed E-state index contributed by atoms with van der Waals surface area (Å²) in [6.07, 6.45) is 1.46. The van der Waals surface area contributed by atoms with Crippen LogP contribution in [0.3, 0.4) is 0 Å². The molecule has 1 atom stereocenters. The smallest absolute Gasteiger partial charge is 0.253 e. The Kier molecular flexibility index (Phi) is 7.24. The third-order valence-electron chi connectivity index (χ3n) is 3.38. The highest BCUT2D eigenvalue weighted by Crippen LogP contribution is 2.30. The number of carbonyl (C=O) groups excluding carboxylic acids is 1. The third-order valence-corrected chi connectivity index (χ3v) is 4.12. The van der Waals surface area contributed by atoms with Crippen LogP contribution in [0.25, 0.3) is 0 Å². The standard InChI is InChI=1S/C14H18Cl2N2O2.ClH/c1-20-13(7-17)14(19)18(10-3-4-10)8-9-2-5-11(15)12(16)6-9;/h2,5-6,10,13H,3-4,7-8,17H2,1H3;1H.